The Labute approximate surface area is 126 Å². The quantitative estimate of drug-likeness (QED) is 0.885. The molecule has 0 aromatic heterocycles. The molecule has 0 aliphatic heterocycles. The van der Waals surface area contributed by atoms with Gasteiger partial charge in [-0.25, -0.2) is 4.39 Å². The predicted molar refractivity (Wildman–Crippen MR) is 82.1 cm³/mol. The van der Waals surface area contributed by atoms with Gasteiger partial charge >= 0.3 is 0 Å². The van der Waals surface area contributed by atoms with E-state index in [-0.39, 0.29) is 5.82 Å². The molecule has 0 spiro atoms. The van der Waals surface area contributed by atoms with Crippen molar-refractivity contribution in [1.29, 1.82) is 5.26 Å². The lowest BCUT2D eigenvalue weighted by molar-refractivity contribution is 0.612. The Hall–Kier alpha value is -1.86. The van der Waals surface area contributed by atoms with Crippen LogP contribution in [-0.4, -0.2) is 0 Å². The molecule has 0 radical (unpaired) electrons. The van der Waals surface area contributed by atoms with Crippen LogP contribution in [0.15, 0.2) is 34.8 Å². The molecule has 0 saturated carbocycles. The molecule has 2 aromatic carbocycles. The number of benzene rings is 2. The second-order valence-electron chi connectivity index (χ2n) is 4.69. The summed E-state index contributed by atoms with van der Waals surface area (Å²) < 4.78 is 14.8. The van der Waals surface area contributed by atoms with Gasteiger partial charge in [0.25, 0.3) is 0 Å². The number of rotatable bonds is 3. The van der Waals surface area contributed by atoms with E-state index in [0.717, 1.165) is 21.3 Å². The van der Waals surface area contributed by atoms with Gasteiger partial charge in [-0.2, -0.15) is 5.26 Å². The summed E-state index contributed by atoms with van der Waals surface area (Å²) in [5.74, 6) is -0.357. The van der Waals surface area contributed by atoms with Crippen LogP contribution in [0.25, 0.3) is 0 Å². The van der Waals surface area contributed by atoms with Crippen molar-refractivity contribution in [3.05, 3.63) is 62.9 Å². The first-order chi connectivity index (χ1) is 9.51. The van der Waals surface area contributed by atoms with E-state index in [4.69, 9.17) is 5.26 Å². The highest BCUT2D eigenvalue weighted by Gasteiger charge is 2.07. The molecular formula is C16H14BrFN2. The van der Waals surface area contributed by atoms with Crippen molar-refractivity contribution in [1.82, 2.24) is 0 Å². The molecule has 0 saturated heterocycles. The number of nitrogens with zero attached hydrogens (tertiary/aromatic N) is 1. The zero-order chi connectivity index (χ0) is 14.7. The van der Waals surface area contributed by atoms with Crippen molar-refractivity contribution in [2.24, 2.45) is 0 Å². The van der Waals surface area contributed by atoms with Crippen LogP contribution in [0.4, 0.5) is 10.1 Å². The molecule has 2 nitrogen and oxygen atoms in total. The Morgan fingerprint density at radius 3 is 2.40 bits per heavy atom. The molecule has 0 atom stereocenters. The first kappa shape index (κ1) is 14.5. The molecule has 4 heteroatoms. The number of anilines is 1. The highest BCUT2D eigenvalue weighted by molar-refractivity contribution is 9.10. The van der Waals surface area contributed by atoms with Crippen LogP contribution in [0.1, 0.15) is 22.3 Å². The van der Waals surface area contributed by atoms with Crippen molar-refractivity contribution in [3.63, 3.8) is 0 Å². The average Bonchev–Trinajstić information content (AvgIpc) is 2.39. The molecule has 2 aromatic rings. The van der Waals surface area contributed by atoms with Gasteiger partial charge in [0.1, 0.15) is 5.82 Å². The number of halogens is 2. The van der Waals surface area contributed by atoms with Crippen LogP contribution in [0.3, 0.4) is 0 Å². The highest BCUT2D eigenvalue weighted by atomic mass is 79.9. The lowest BCUT2D eigenvalue weighted by atomic mass is 10.1. The topological polar surface area (TPSA) is 35.8 Å². The number of hydrogen-bond donors (Lipinski definition) is 1. The van der Waals surface area contributed by atoms with Crippen LogP contribution < -0.4 is 5.32 Å². The van der Waals surface area contributed by atoms with Gasteiger partial charge in [-0.05, 0) is 49.2 Å². The minimum absolute atomic E-state index is 0.335. The molecule has 0 heterocycles. The SMILES string of the molecule is Cc1cc(Br)cc(C)c1NCc1ccc(C#N)cc1F. The minimum Gasteiger partial charge on any atom is -0.380 e. The third kappa shape index (κ3) is 3.17. The highest BCUT2D eigenvalue weighted by Crippen LogP contribution is 2.25. The number of nitrogens with one attached hydrogen (secondary N) is 1. The van der Waals surface area contributed by atoms with Gasteiger partial charge in [0.05, 0.1) is 11.6 Å². The van der Waals surface area contributed by atoms with E-state index in [1.807, 2.05) is 32.0 Å². The summed E-state index contributed by atoms with van der Waals surface area (Å²) in [4.78, 5) is 0. The first-order valence-electron chi connectivity index (χ1n) is 6.20. The summed E-state index contributed by atoms with van der Waals surface area (Å²) in [5.41, 5.74) is 4.10. The van der Waals surface area contributed by atoms with Gasteiger partial charge in [0, 0.05) is 22.3 Å². The van der Waals surface area contributed by atoms with E-state index in [2.05, 4.69) is 21.2 Å². The monoisotopic (exact) mass is 332 g/mol. The lowest BCUT2D eigenvalue weighted by Crippen LogP contribution is -2.05. The third-order valence-corrected chi connectivity index (χ3v) is 3.59. The Kier molecular flexibility index (Phi) is 4.41. The van der Waals surface area contributed by atoms with Crippen LogP contribution >= 0.6 is 15.9 Å². The van der Waals surface area contributed by atoms with E-state index in [0.29, 0.717) is 17.7 Å². The first-order valence-corrected chi connectivity index (χ1v) is 6.99. The van der Waals surface area contributed by atoms with E-state index in [1.165, 1.54) is 6.07 Å². The van der Waals surface area contributed by atoms with Crippen molar-refractivity contribution in [2.45, 2.75) is 20.4 Å². The normalized spacial score (nSPS) is 10.2. The molecule has 0 aliphatic carbocycles. The van der Waals surface area contributed by atoms with Crippen LogP contribution in [0, 0.1) is 31.0 Å². The molecule has 0 fully saturated rings. The third-order valence-electron chi connectivity index (χ3n) is 3.14. The van der Waals surface area contributed by atoms with Gasteiger partial charge in [-0.3, -0.25) is 0 Å². The van der Waals surface area contributed by atoms with Gasteiger partial charge in [0.15, 0.2) is 0 Å². The maximum atomic E-state index is 13.8. The summed E-state index contributed by atoms with van der Waals surface area (Å²) in [7, 11) is 0. The van der Waals surface area contributed by atoms with E-state index < -0.39 is 0 Å². The van der Waals surface area contributed by atoms with Crippen molar-refractivity contribution >= 4 is 21.6 Å². The number of aryl methyl sites for hydroxylation is 2. The minimum atomic E-state index is -0.357. The average molecular weight is 333 g/mol. The van der Waals surface area contributed by atoms with Crippen LogP contribution in [0.2, 0.25) is 0 Å². The summed E-state index contributed by atoms with van der Waals surface area (Å²) in [6.45, 7) is 4.41. The lowest BCUT2D eigenvalue weighted by Gasteiger charge is -2.14. The molecular weight excluding hydrogens is 319 g/mol. The van der Waals surface area contributed by atoms with Crippen molar-refractivity contribution < 1.29 is 4.39 Å². The maximum Gasteiger partial charge on any atom is 0.129 e. The molecule has 2 rings (SSSR count). The fourth-order valence-electron chi connectivity index (χ4n) is 2.13. The Bertz CT molecular complexity index is 666. The van der Waals surface area contributed by atoms with Gasteiger partial charge in [-0.15, -0.1) is 0 Å². The Balaban J connectivity index is 2.20. The van der Waals surface area contributed by atoms with Crippen molar-refractivity contribution in [3.8, 4) is 6.07 Å². The Morgan fingerprint density at radius 2 is 1.85 bits per heavy atom. The molecule has 0 unspecified atom stereocenters. The summed E-state index contributed by atoms with van der Waals surface area (Å²) >= 11 is 3.45. The summed E-state index contributed by atoms with van der Waals surface area (Å²) in [6.07, 6.45) is 0. The number of nitriles is 1. The zero-order valence-corrected chi connectivity index (χ0v) is 12.9. The predicted octanol–water partition coefficient (Wildman–Crippen LogP) is 4.69. The fraction of sp³-hybridized carbons (Fsp3) is 0.188. The second-order valence-corrected chi connectivity index (χ2v) is 5.60. The second kappa shape index (κ2) is 6.06. The molecule has 0 bridgehead atoms. The maximum absolute atomic E-state index is 13.8. The zero-order valence-electron chi connectivity index (χ0n) is 11.3. The standard InChI is InChI=1S/C16H14BrFN2/c1-10-5-14(17)6-11(2)16(10)20-9-13-4-3-12(8-19)7-15(13)18/h3-7,20H,9H2,1-2H3. The van der Waals surface area contributed by atoms with Crippen LogP contribution in [0.5, 0.6) is 0 Å². The number of hydrogen-bond acceptors (Lipinski definition) is 2. The van der Waals surface area contributed by atoms with Gasteiger partial charge in [0.2, 0.25) is 0 Å². The van der Waals surface area contributed by atoms with Crippen LogP contribution in [-0.2, 0) is 6.54 Å². The Morgan fingerprint density at radius 1 is 1.20 bits per heavy atom. The van der Waals surface area contributed by atoms with Gasteiger partial charge in [-0.1, -0.05) is 22.0 Å². The largest absolute Gasteiger partial charge is 0.380 e. The summed E-state index contributed by atoms with van der Waals surface area (Å²) in [6, 6.07) is 10.5. The van der Waals surface area contributed by atoms with E-state index in [9.17, 15) is 4.39 Å². The van der Waals surface area contributed by atoms with E-state index in [1.54, 1.807) is 12.1 Å². The smallest absolute Gasteiger partial charge is 0.129 e. The fourth-order valence-corrected chi connectivity index (χ4v) is 2.82. The molecule has 0 amide bonds. The molecule has 20 heavy (non-hydrogen) atoms. The molecule has 1 N–H and O–H groups in total. The van der Waals surface area contributed by atoms with Crippen molar-refractivity contribution in [2.75, 3.05) is 5.32 Å². The van der Waals surface area contributed by atoms with E-state index >= 15 is 0 Å². The van der Waals surface area contributed by atoms with Gasteiger partial charge < -0.3 is 5.32 Å². The molecule has 0 aliphatic rings. The summed E-state index contributed by atoms with van der Waals surface area (Å²) in [5, 5.41) is 12.0. The molecule has 102 valence electrons.